The predicted molar refractivity (Wildman–Crippen MR) is 78.6 cm³/mol. The maximum atomic E-state index is 6.67. The van der Waals surface area contributed by atoms with Gasteiger partial charge in [-0.15, -0.1) is 0 Å². The summed E-state index contributed by atoms with van der Waals surface area (Å²) in [6, 6.07) is 0. The van der Waals surface area contributed by atoms with E-state index in [-0.39, 0.29) is 0 Å². The summed E-state index contributed by atoms with van der Waals surface area (Å²) in [7, 11) is -0.252. The molecule has 0 radical (unpaired) electrons. The zero-order valence-corrected chi connectivity index (χ0v) is 15.6. The van der Waals surface area contributed by atoms with Crippen LogP contribution in [0.3, 0.4) is 0 Å². The Morgan fingerprint density at radius 3 is 1.14 bits per heavy atom. The molecule has 1 aliphatic rings. The maximum Gasteiger partial charge on any atom is 0.171 e. The van der Waals surface area contributed by atoms with E-state index in [2.05, 4.69) is 63.0 Å². The van der Waals surface area contributed by atoms with Crippen LogP contribution in [0.4, 0.5) is 0 Å². The lowest BCUT2D eigenvalue weighted by Crippen LogP contribution is -2.73. The zero-order chi connectivity index (χ0) is 11.4. The molecule has 0 spiro atoms. The molecule has 0 saturated carbocycles. The molecular formula is C8H24OSSi4. The summed E-state index contributed by atoms with van der Waals surface area (Å²) in [6.45, 7) is 17.7. The third-order valence-electron chi connectivity index (χ3n) is 3.92. The van der Waals surface area contributed by atoms with Gasteiger partial charge in [-0.2, -0.15) is 0 Å². The Morgan fingerprint density at radius 2 is 0.929 bits per heavy atom. The number of rotatable bonds is 0. The van der Waals surface area contributed by atoms with Crippen LogP contribution < -0.4 is 0 Å². The molecule has 0 aromatic carbocycles. The van der Waals surface area contributed by atoms with Crippen LogP contribution in [0, 0.1) is 0 Å². The SMILES string of the molecule is C[Si]1(C)O[Si](C)(C)[Si](C)(C)S[Si]1(C)C. The first-order valence-corrected chi connectivity index (χ1v) is 21.4. The molecule has 1 fully saturated rings. The van der Waals surface area contributed by atoms with Crippen molar-refractivity contribution in [2.75, 3.05) is 0 Å². The van der Waals surface area contributed by atoms with E-state index in [0.29, 0.717) is 0 Å². The van der Waals surface area contributed by atoms with Crippen LogP contribution in [0.1, 0.15) is 0 Å². The Kier molecular flexibility index (Phi) is 3.15. The molecule has 1 aliphatic heterocycles. The second-order valence-electron chi connectivity index (χ2n) is 6.25. The predicted octanol–water partition coefficient (Wildman–Crippen LogP) is 3.73. The van der Waals surface area contributed by atoms with E-state index in [0.717, 1.165) is 0 Å². The quantitative estimate of drug-likeness (QED) is 0.625. The van der Waals surface area contributed by atoms with Crippen molar-refractivity contribution in [1.82, 2.24) is 0 Å². The Labute approximate surface area is 96.2 Å². The first kappa shape index (κ1) is 13.2. The fourth-order valence-electron chi connectivity index (χ4n) is 1.77. The van der Waals surface area contributed by atoms with Crippen LogP contribution in [-0.2, 0) is 4.12 Å². The van der Waals surface area contributed by atoms with E-state index in [1.807, 2.05) is 0 Å². The highest BCUT2D eigenvalue weighted by atomic mass is 32.6. The van der Waals surface area contributed by atoms with Gasteiger partial charge in [-0.25, -0.2) is 10.7 Å². The van der Waals surface area contributed by atoms with E-state index in [4.69, 9.17) is 4.12 Å². The lowest BCUT2D eigenvalue weighted by molar-refractivity contribution is 0.582. The van der Waals surface area contributed by atoms with Crippen molar-refractivity contribution in [3.63, 3.8) is 0 Å². The summed E-state index contributed by atoms with van der Waals surface area (Å²) in [4.78, 5) is 0. The molecule has 1 saturated heterocycles. The zero-order valence-electron chi connectivity index (χ0n) is 10.8. The monoisotopic (exact) mass is 280 g/mol. The Hall–Kier alpha value is 1.18. The Bertz CT molecular complexity index is 200. The standard InChI is InChI=1S/C8H24OSSi4/c1-11(2)9-12(3,4)14(7,8)10-13(11,5)6/h1-8H3. The van der Waals surface area contributed by atoms with Gasteiger partial charge >= 0.3 is 0 Å². The van der Waals surface area contributed by atoms with Gasteiger partial charge in [0.2, 0.25) is 0 Å². The third-order valence-corrected chi connectivity index (χ3v) is 60.7. The van der Waals surface area contributed by atoms with Crippen molar-refractivity contribution in [2.24, 2.45) is 0 Å². The van der Waals surface area contributed by atoms with Gasteiger partial charge in [-0.3, -0.25) is 0 Å². The van der Waals surface area contributed by atoms with Crippen molar-refractivity contribution in [3.8, 4) is 0 Å². The highest BCUT2D eigenvalue weighted by Crippen LogP contribution is 2.47. The summed E-state index contributed by atoms with van der Waals surface area (Å²) < 4.78 is 6.67. The van der Waals surface area contributed by atoms with Gasteiger partial charge in [-0.1, -0.05) is 26.2 Å². The highest BCUT2D eigenvalue weighted by molar-refractivity contribution is 8.58. The smallest absolute Gasteiger partial charge is 0.171 e. The van der Waals surface area contributed by atoms with E-state index in [1.165, 1.54) is 0 Å². The normalized spacial score (nSPS) is 32.6. The van der Waals surface area contributed by atoms with Crippen molar-refractivity contribution in [3.05, 3.63) is 0 Å². The van der Waals surface area contributed by atoms with Crippen molar-refractivity contribution >= 4 is 39.8 Å². The minimum Gasteiger partial charge on any atom is -0.458 e. The molecule has 0 amide bonds. The van der Waals surface area contributed by atoms with Crippen molar-refractivity contribution in [2.45, 2.75) is 52.4 Å². The van der Waals surface area contributed by atoms with Gasteiger partial charge in [0.05, 0.1) is 0 Å². The molecule has 0 unspecified atom stereocenters. The first-order valence-electron chi connectivity index (χ1n) is 5.32. The second kappa shape index (κ2) is 3.33. The molecule has 0 aliphatic carbocycles. The molecule has 1 nitrogen and oxygen atoms in total. The number of hydrogen-bond donors (Lipinski definition) is 0. The molecule has 0 bridgehead atoms. The minimum atomic E-state index is -1.34. The fraction of sp³-hybridized carbons (Fsp3) is 1.00. The van der Waals surface area contributed by atoms with Gasteiger partial charge in [0.1, 0.15) is 13.5 Å². The minimum absolute atomic E-state index is 1.11. The van der Waals surface area contributed by atoms with Crippen LogP contribution in [-0.4, -0.2) is 29.2 Å². The lowest BCUT2D eigenvalue weighted by atomic mass is 11.9. The van der Waals surface area contributed by atoms with Gasteiger partial charge in [0.15, 0.2) is 15.7 Å². The topological polar surface area (TPSA) is 9.23 Å². The molecule has 84 valence electrons. The van der Waals surface area contributed by atoms with Crippen LogP contribution in [0.15, 0.2) is 0 Å². The molecular weight excluding hydrogens is 256 g/mol. The average Bonchev–Trinajstić information content (AvgIpc) is 1.78. The van der Waals surface area contributed by atoms with Crippen molar-refractivity contribution < 1.29 is 4.12 Å². The molecule has 0 aromatic rings. The van der Waals surface area contributed by atoms with Crippen molar-refractivity contribution in [1.29, 1.82) is 0 Å². The van der Waals surface area contributed by atoms with Gasteiger partial charge in [0.25, 0.3) is 0 Å². The van der Waals surface area contributed by atoms with E-state index >= 15 is 0 Å². The second-order valence-corrected chi connectivity index (χ2v) is 44.8. The Morgan fingerprint density at radius 1 is 0.643 bits per heavy atom. The summed E-state index contributed by atoms with van der Waals surface area (Å²) >= 11 is 0. The fourth-order valence-corrected chi connectivity index (χ4v) is 73.8. The molecule has 0 atom stereocenters. The van der Waals surface area contributed by atoms with Crippen LogP contribution >= 0.6 is 10.7 Å². The number of hydrogen-bond acceptors (Lipinski definition) is 2. The van der Waals surface area contributed by atoms with Gasteiger partial charge in [-0.05, 0) is 26.2 Å². The van der Waals surface area contributed by atoms with E-state index in [9.17, 15) is 0 Å². The maximum absolute atomic E-state index is 6.67. The Balaban J connectivity index is 3.07. The van der Waals surface area contributed by atoms with Gasteiger partial charge < -0.3 is 4.12 Å². The van der Waals surface area contributed by atoms with E-state index < -0.39 is 29.2 Å². The largest absolute Gasteiger partial charge is 0.458 e. The summed E-state index contributed by atoms with van der Waals surface area (Å²) in [5.41, 5.74) is 0. The summed E-state index contributed by atoms with van der Waals surface area (Å²) in [5.74, 6) is 0. The van der Waals surface area contributed by atoms with Crippen LogP contribution in [0.2, 0.25) is 52.4 Å². The average molecular weight is 281 g/mol. The summed E-state index contributed by atoms with van der Waals surface area (Å²) in [6.07, 6.45) is 0. The molecule has 6 heteroatoms. The highest BCUT2D eigenvalue weighted by Gasteiger charge is 2.60. The molecule has 0 aromatic heterocycles. The van der Waals surface area contributed by atoms with Crippen LogP contribution in [0.25, 0.3) is 0 Å². The molecule has 1 rings (SSSR count). The summed E-state index contributed by atoms with van der Waals surface area (Å²) in [5, 5.41) is 0. The van der Waals surface area contributed by atoms with Gasteiger partial charge in [0, 0.05) is 0 Å². The van der Waals surface area contributed by atoms with Crippen LogP contribution in [0.5, 0.6) is 0 Å². The van der Waals surface area contributed by atoms with E-state index in [1.54, 1.807) is 0 Å². The molecule has 14 heavy (non-hydrogen) atoms. The first-order chi connectivity index (χ1) is 5.91. The molecule has 1 heterocycles. The lowest BCUT2D eigenvalue weighted by Gasteiger charge is -2.55. The molecule has 0 N–H and O–H groups in total. The third kappa shape index (κ3) is 2.01.